The van der Waals surface area contributed by atoms with Crippen LogP contribution in [0.15, 0.2) is 18.2 Å². The fraction of sp³-hybridized carbons (Fsp3) is 0.364. The fourth-order valence-corrected chi connectivity index (χ4v) is 2.18. The van der Waals surface area contributed by atoms with E-state index in [9.17, 15) is 18.5 Å². The second-order valence-corrected chi connectivity index (χ2v) is 6.04. The quantitative estimate of drug-likeness (QED) is 0.645. The van der Waals surface area contributed by atoms with Crippen molar-refractivity contribution in [3.05, 3.63) is 39.4 Å². The first kappa shape index (κ1) is 15.1. The molecule has 0 saturated heterocycles. The second-order valence-electron chi connectivity index (χ2n) is 3.96. The first-order chi connectivity index (χ1) is 8.79. The van der Waals surface area contributed by atoms with E-state index in [2.05, 4.69) is 4.72 Å². The van der Waals surface area contributed by atoms with Crippen LogP contribution in [0, 0.1) is 28.4 Å². The number of nitrogens with zero attached hydrogens (tertiary/aromatic N) is 2. The van der Waals surface area contributed by atoms with Crippen LogP contribution >= 0.6 is 0 Å². The van der Waals surface area contributed by atoms with Gasteiger partial charge in [-0.3, -0.25) is 10.1 Å². The fourth-order valence-electron chi connectivity index (χ4n) is 1.43. The molecule has 1 unspecified atom stereocenters. The monoisotopic (exact) mass is 283 g/mol. The van der Waals surface area contributed by atoms with Gasteiger partial charge in [-0.05, 0) is 19.4 Å². The van der Waals surface area contributed by atoms with E-state index < -0.39 is 20.2 Å². The van der Waals surface area contributed by atoms with Crippen molar-refractivity contribution in [2.75, 3.05) is 0 Å². The zero-order chi connectivity index (χ0) is 14.6. The molecule has 8 heteroatoms. The topological polar surface area (TPSA) is 113 Å². The molecule has 1 N–H and O–H groups in total. The van der Waals surface area contributed by atoms with E-state index in [1.54, 1.807) is 19.1 Å². The summed E-state index contributed by atoms with van der Waals surface area (Å²) >= 11 is 0. The van der Waals surface area contributed by atoms with Crippen LogP contribution < -0.4 is 4.72 Å². The van der Waals surface area contributed by atoms with E-state index in [0.717, 1.165) is 0 Å². The Morgan fingerprint density at radius 3 is 2.68 bits per heavy atom. The van der Waals surface area contributed by atoms with Gasteiger partial charge in [0.05, 0.1) is 11.0 Å². The van der Waals surface area contributed by atoms with E-state index in [1.165, 1.54) is 19.1 Å². The van der Waals surface area contributed by atoms with Crippen LogP contribution in [0.25, 0.3) is 0 Å². The Balaban J connectivity index is 2.95. The van der Waals surface area contributed by atoms with Crippen molar-refractivity contribution in [2.45, 2.75) is 25.6 Å². The van der Waals surface area contributed by atoms with Gasteiger partial charge in [-0.15, -0.1) is 0 Å². The molecule has 7 nitrogen and oxygen atoms in total. The Bertz CT molecular complexity index is 634. The molecule has 0 aliphatic heterocycles. The van der Waals surface area contributed by atoms with Gasteiger partial charge in [0.25, 0.3) is 5.69 Å². The average Bonchev–Trinajstić information content (AvgIpc) is 2.36. The lowest BCUT2D eigenvalue weighted by Gasteiger charge is -2.09. The van der Waals surface area contributed by atoms with Crippen LogP contribution in [0.3, 0.4) is 0 Å². The van der Waals surface area contributed by atoms with Crippen molar-refractivity contribution in [2.24, 2.45) is 0 Å². The first-order valence-corrected chi connectivity index (χ1v) is 6.95. The average molecular weight is 283 g/mol. The standard InChI is InChI=1S/C11H13N3O4S/c1-8(6-12)19(17,18)13-7-10-4-3-5-11(9(10)2)14(15)16/h3-5,8,13H,7H2,1-2H3. The number of hydrogen-bond donors (Lipinski definition) is 1. The molecule has 1 atom stereocenters. The number of rotatable bonds is 5. The van der Waals surface area contributed by atoms with Crippen molar-refractivity contribution >= 4 is 15.7 Å². The summed E-state index contributed by atoms with van der Waals surface area (Å²) in [7, 11) is -3.74. The molecule has 0 saturated carbocycles. The molecule has 0 aliphatic rings. The van der Waals surface area contributed by atoms with Crippen molar-refractivity contribution in [1.29, 1.82) is 5.26 Å². The van der Waals surface area contributed by atoms with Crippen LogP contribution in [0.4, 0.5) is 5.69 Å². The summed E-state index contributed by atoms with van der Waals surface area (Å²) in [5.74, 6) is 0. The molecule has 0 bridgehead atoms. The summed E-state index contributed by atoms with van der Waals surface area (Å²) in [4.78, 5) is 10.2. The van der Waals surface area contributed by atoms with Crippen molar-refractivity contribution in [3.63, 3.8) is 0 Å². The van der Waals surface area contributed by atoms with E-state index in [-0.39, 0.29) is 12.2 Å². The third-order valence-electron chi connectivity index (χ3n) is 2.73. The molecule has 0 aromatic heterocycles. The number of benzene rings is 1. The van der Waals surface area contributed by atoms with Gasteiger partial charge in [0.2, 0.25) is 10.0 Å². The highest BCUT2D eigenvalue weighted by Gasteiger charge is 2.20. The Morgan fingerprint density at radius 1 is 1.53 bits per heavy atom. The number of nitrogens with one attached hydrogen (secondary N) is 1. The minimum Gasteiger partial charge on any atom is -0.258 e. The molecule has 0 radical (unpaired) electrons. The van der Waals surface area contributed by atoms with Crippen LogP contribution in [0.5, 0.6) is 0 Å². The molecule has 19 heavy (non-hydrogen) atoms. The Morgan fingerprint density at radius 2 is 2.16 bits per heavy atom. The summed E-state index contributed by atoms with van der Waals surface area (Å²) in [6.45, 7) is 2.74. The number of sulfonamides is 1. The Labute approximate surface area is 111 Å². The van der Waals surface area contributed by atoms with Gasteiger partial charge >= 0.3 is 0 Å². The number of nitro groups is 1. The minimum atomic E-state index is -3.74. The minimum absolute atomic E-state index is 0.0648. The number of hydrogen-bond acceptors (Lipinski definition) is 5. The molecule has 0 aliphatic carbocycles. The van der Waals surface area contributed by atoms with Crippen molar-refractivity contribution in [1.82, 2.24) is 4.72 Å². The van der Waals surface area contributed by atoms with Crippen LogP contribution in [0.1, 0.15) is 18.1 Å². The SMILES string of the molecule is Cc1c(CNS(=O)(=O)C(C)C#N)cccc1[N+](=O)[O-]. The number of nitro benzene ring substituents is 1. The maximum Gasteiger partial charge on any atom is 0.272 e. The summed E-state index contributed by atoms with van der Waals surface area (Å²) in [5, 5.41) is 18.2. The first-order valence-electron chi connectivity index (χ1n) is 5.40. The highest BCUT2D eigenvalue weighted by atomic mass is 32.2. The van der Waals surface area contributed by atoms with Crippen LogP contribution in [0.2, 0.25) is 0 Å². The highest BCUT2D eigenvalue weighted by molar-refractivity contribution is 7.90. The normalized spacial score (nSPS) is 12.7. The maximum absolute atomic E-state index is 11.6. The maximum atomic E-state index is 11.6. The second kappa shape index (κ2) is 5.77. The summed E-state index contributed by atoms with van der Waals surface area (Å²) in [6.07, 6.45) is 0. The molecular formula is C11H13N3O4S. The van der Waals surface area contributed by atoms with Crippen molar-refractivity contribution in [3.8, 4) is 6.07 Å². The highest BCUT2D eigenvalue weighted by Crippen LogP contribution is 2.21. The summed E-state index contributed by atoms with van der Waals surface area (Å²) in [5.41, 5.74) is 0.841. The third-order valence-corrected chi connectivity index (χ3v) is 4.31. The predicted octanol–water partition coefficient (Wildman–Crippen LogP) is 1.23. The summed E-state index contributed by atoms with van der Waals surface area (Å²) < 4.78 is 25.5. The lowest BCUT2D eigenvalue weighted by molar-refractivity contribution is -0.385. The van der Waals surface area contributed by atoms with E-state index in [1.807, 2.05) is 0 Å². The zero-order valence-corrected chi connectivity index (χ0v) is 11.3. The van der Waals surface area contributed by atoms with Gasteiger partial charge in [0, 0.05) is 18.2 Å². The predicted molar refractivity (Wildman–Crippen MR) is 68.7 cm³/mol. The lowest BCUT2D eigenvalue weighted by atomic mass is 10.1. The van der Waals surface area contributed by atoms with Gasteiger partial charge in [-0.1, -0.05) is 12.1 Å². The van der Waals surface area contributed by atoms with Crippen LogP contribution in [-0.2, 0) is 16.6 Å². The molecule has 0 heterocycles. The van der Waals surface area contributed by atoms with Crippen LogP contribution in [-0.4, -0.2) is 18.6 Å². The Hall–Kier alpha value is -1.98. The zero-order valence-electron chi connectivity index (χ0n) is 10.5. The molecule has 102 valence electrons. The smallest absolute Gasteiger partial charge is 0.258 e. The molecule has 0 amide bonds. The largest absolute Gasteiger partial charge is 0.272 e. The molecule has 1 aromatic carbocycles. The van der Waals surface area contributed by atoms with Gasteiger partial charge < -0.3 is 0 Å². The Kier molecular flexibility index (Phi) is 4.58. The van der Waals surface area contributed by atoms with Gasteiger partial charge in [0.1, 0.15) is 0 Å². The lowest BCUT2D eigenvalue weighted by Crippen LogP contribution is -2.31. The summed E-state index contributed by atoms with van der Waals surface area (Å²) in [6, 6.07) is 6.07. The van der Waals surface area contributed by atoms with Gasteiger partial charge in [0.15, 0.2) is 5.25 Å². The van der Waals surface area contributed by atoms with Gasteiger partial charge in [-0.25, -0.2) is 13.1 Å². The molecule has 1 rings (SSSR count). The molecule has 0 spiro atoms. The van der Waals surface area contributed by atoms with Gasteiger partial charge in [-0.2, -0.15) is 5.26 Å². The molecule has 0 fully saturated rings. The van der Waals surface area contributed by atoms with E-state index in [4.69, 9.17) is 5.26 Å². The molecule has 1 aromatic rings. The van der Waals surface area contributed by atoms with E-state index in [0.29, 0.717) is 11.1 Å². The molecular weight excluding hydrogens is 270 g/mol. The third kappa shape index (κ3) is 3.49. The number of nitriles is 1. The van der Waals surface area contributed by atoms with E-state index >= 15 is 0 Å². The van der Waals surface area contributed by atoms with Crippen molar-refractivity contribution < 1.29 is 13.3 Å².